The van der Waals surface area contributed by atoms with E-state index in [4.69, 9.17) is 27.9 Å². The Morgan fingerprint density at radius 2 is 2.00 bits per heavy atom. The van der Waals surface area contributed by atoms with Crippen molar-refractivity contribution in [1.82, 2.24) is 4.98 Å². The summed E-state index contributed by atoms with van der Waals surface area (Å²) in [5, 5.41) is 0.815. The summed E-state index contributed by atoms with van der Waals surface area (Å²) >= 11 is 11.6. The Labute approximate surface area is 95.6 Å². The van der Waals surface area contributed by atoms with Crippen LogP contribution in [0, 0.1) is 0 Å². The Kier molecular flexibility index (Phi) is 2.59. The fourth-order valence-corrected chi connectivity index (χ4v) is 1.81. The van der Waals surface area contributed by atoms with E-state index >= 15 is 0 Å². The maximum Gasteiger partial charge on any atom is 0.209 e. The van der Waals surface area contributed by atoms with Crippen molar-refractivity contribution in [3.8, 4) is 5.75 Å². The van der Waals surface area contributed by atoms with Crippen LogP contribution in [-0.4, -0.2) is 12.1 Å². The third kappa shape index (κ3) is 1.58. The van der Waals surface area contributed by atoms with Crippen molar-refractivity contribution >= 4 is 34.1 Å². The molecule has 0 atom stereocenters. The molecule has 78 valence electrons. The molecule has 1 aromatic carbocycles. The second-order valence-corrected chi connectivity index (χ2v) is 3.78. The van der Waals surface area contributed by atoms with Gasteiger partial charge >= 0.3 is 0 Å². The molecule has 0 aliphatic heterocycles. The summed E-state index contributed by atoms with van der Waals surface area (Å²) in [6.45, 7) is 0. The van der Waals surface area contributed by atoms with Crippen molar-refractivity contribution in [3.63, 3.8) is 0 Å². The number of ether oxygens (including phenoxy) is 1. The van der Waals surface area contributed by atoms with Gasteiger partial charge in [-0.1, -0.05) is 23.2 Å². The summed E-state index contributed by atoms with van der Waals surface area (Å²) in [4.78, 5) is 14.6. The fraction of sp³-hybridized carbons (Fsp3) is 0.100. The van der Waals surface area contributed by atoms with Crippen molar-refractivity contribution in [2.45, 2.75) is 0 Å². The topological polar surface area (TPSA) is 42.1 Å². The molecule has 1 heterocycles. The minimum Gasteiger partial charge on any atom is -0.495 e. The van der Waals surface area contributed by atoms with E-state index in [0.717, 1.165) is 0 Å². The molecule has 0 aliphatic rings. The molecule has 2 aromatic rings. The van der Waals surface area contributed by atoms with Gasteiger partial charge in [-0.2, -0.15) is 0 Å². The van der Waals surface area contributed by atoms with Crippen LogP contribution in [0.25, 0.3) is 10.9 Å². The highest BCUT2D eigenvalue weighted by Crippen LogP contribution is 2.28. The van der Waals surface area contributed by atoms with E-state index in [-0.39, 0.29) is 10.5 Å². The molecule has 1 N–H and O–H groups in total. The monoisotopic (exact) mass is 243 g/mol. The predicted molar refractivity (Wildman–Crippen MR) is 61.1 cm³/mol. The molecule has 2 rings (SSSR count). The van der Waals surface area contributed by atoms with Crippen molar-refractivity contribution in [2.24, 2.45) is 0 Å². The maximum absolute atomic E-state index is 11.7. The lowest BCUT2D eigenvalue weighted by Crippen LogP contribution is -2.04. The Morgan fingerprint density at radius 1 is 1.27 bits per heavy atom. The predicted octanol–water partition coefficient (Wildman–Crippen LogP) is 2.84. The van der Waals surface area contributed by atoms with Gasteiger partial charge in [-0.25, -0.2) is 0 Å². The first-order valence-corrected chi connectivity index (χ1v) is 4.94. The standard InChI is InChI=1S/C10H7Cl2NO2/c1-15-7-3-2-5(11)8-9(7)13-4-6(12)10(8)14/h2-4H,1H3,(H,13,14). The van der Waals surface area contributed by atoms with Gasteiger partial charge in [0.05, 0.1) is 23.0 Å². The third-order valence-corrected chi connectivity index (χ3v) is 2.72. The second-order valence-electron chi connectivity index (χ2n) is 2.97. The molecule has 0 aliphatic carbocycles. The Hall–Kier alpha value is -1.19. The lowest BCUT2D eigenvalue weighted by atomic mass is 10.2. The molecular formula is C10H7Cl2NO2. The molecule has 0 amide bonds. The van der Waals surface area contributed by atoms with E-state index in [1.54, 1.807) is 12.1 Å². The zero-order valence-electron chi connectivity index (χ0n) is 7.80. The Balaban J connectivity index is 3.00. The van der Waals surface area contributed by atoms with Gasteiger partial charge in [0.2, 0.25) is 5.43 Å². The van der Waals surface area contributed by atoms with E-state index < -0.39 is 0 Å². The molecule has 0 fully saturated rings. The number of rotatable bonds is 1. The molecule has 0 saturated heterocycles. The highest BCUT2D eigenvalue weighted by molar-refractivity contribution is 6.36. The molecular weight excluding hydrogens is 237 g/mol. The molecule has 0 bridgehead atoms. The summed E-state index contributed by atoms with van der Waals surface area (Å²) in [6, 6.07) is 3.29. The van der Waals surface area contributed by atoms with E-state index in [2.05, 4.69) is 4.98 Å². The van der Waals surface area contributed by atoms with Crippen LogP contribution >= 0.6 is 23.2 Å². The Morgan fingerprint density at radius 3 is 2.67 bits per heavy atom. The highest BCUT2D eigenvalue weighted by atomic mass is 35.5. The van der Waals surface area contributed by atoms with Crippen LogP contribution in [0.3, 0.4) is 0 Å². The zero-order chi connectivity index (χ0) is 11.0. The van der Waals surface area contributed by atoms with Gasteiger partial charge in [0.25, 0.3) is 0 Å². The zero-order valence-corrected chi connectivity index (χ0v) is 9.32. The highest BCUT2D eigenvalue weighted by Gasteiger charge is 2.10. The lowest BCUT2D eigenvalue weighted by Gasteiger charge is -2.06. The SMILES string of the molecule is COc1ccc(Cl)c2c(=O)c(Cl)c[nH]c12. The van der Waals surface area contributed by atoms with Crippen LogP contribution in [0.5, 0.6) is 5.75 Å². The number of hydrogen-bond donors (Lipinski definition) is 1. The van der Waals surface area contributed by atoms with Gasteiger partial charge in [-0.3, -0.25) is 4.79 Å². The lowest BCUT2D eigenvalue weighted by molar-refractivity contribution is 0.419. The van der Waals surface area contributed by atoms with Crippen LogP contribution < -0.4 is 10.2 Å². The molecule has 1 aromatic heterocycles. The molecule has 5 heteroatoms. The van der Waals surface area contributed by atoms with Crippen LogP contribution in [0.4, 0.5) is 0 Å². The average Bonchev–Trinajstić information content (AvgIpc) is 2.24. The van der Waals surface area contributed by atoms with Crippen molar-refractivity contribution in [3.05, 3.63) is 38.6 Å². The largest absolute Gasteiger partial charge is 0.495 e. The molecule has 0 spiro atoms. The number of H-pyrrole nitrogens is 1. The van der Waals surface area contributed by atoms with Gasteiger partial charge in [0.1, 0.15) is 10.8 Å². The quantitative estimate of drug-likeness (QED) is 0.837. The Bertz CT molecular complexity index is 577. The van der Waals surface area contributed by atoms with Gasteiger partial charge in [0.15, 0.2) is 0 Å². The molecule has 0 saturated carbocycles. The summed E-state index contributed by atoms with van der Waals surface area (Å²) in [5.74, 6) is 0.558. The smallest absolute Gasteiger partial charge is 0.209 e. The first-order valence-electron chi connectivity index (χ1n) is 4.18. The first kappa shape index (κ1) is 10.3. The maximum atomic E-state index is 11.7. The van der Waals surface area contributed by atoms with Gasteiger partial charge < -0.3 is 9.72 Å². The number of halogens is 2. The summed E-state index contributed by atoms with van der Waals surface area (Å²) < 4.78 is 5.11. The number of fused-ring (bicyclic) bond motifs is 1. The van der Waals surface area contributed by atoms with Gasteiger partial charge in [-0.15, -0.1) is 0 Å². The summed E-state index contributed by atoms with van der Waals surface area (Å²) in [7, 11) is 1.52. The van der Waals surface area contributed by atoms with Crippen molar-refractivity contribution in [1.29, 1.82) is 0 Å². The van der Waals surface area contributed by atoms with E-state index in [1.165, 1.54) is 13.3 Å². The molecule has 0 radical (unpaired) electrons. The fourth-order valence-electron chi connectivity index (χ4n) is 1.41. The number of aromatic amines is 1. The summed E-state index contributed by atoms with van der Waals surface area (Å²) in [6.07, 6.45) is 1.42. The molecule has 3 nitrogen and oxygen atoms in total. The van der Waals surface area contributed by atoms with Crippen LogP contribution in [0.2, 0.25) is 10.0 Å². The number of pyridine rings is 1. The molecule has 15 heavy (non-hydrogen) atoms. The number of methoxy groups -OCH3 is 1. The first-order chi connectivity index (χ1) is 7.15. The summed E-state index contributed by atoms with van der Waals surface area (Å²) in [5.41, 5.74) is 0.258. The number of benzene rings is 1. The van der Waals surface area contributed by atoms with Gasteiger partial charge in [0, 0.05) is 6.20 Å². The number of aromatic nitrogens is 1. The van der Waals surface area contributed by atoms with Crippen molar-refractivity contribution < 1.29 is 4.74 Å². The second kappa shape index (κ2) is 3.76. The molecule has 0 unspecified atom stereocenters. The normalized spacial score (nSPS) is 10.6. The number of hydrogen-bond acceptors (Lipinski definition) is 2. The van der Waals surface area contributed by atoms with Crippen LogP contribution in [0.15, 0.2) is 23.1 Å². The minimum atomic E-state index is -0.297. The average molecular weight is 244 g/mol. The van der Waals surface area contributed by atoms with Crippen LogP contribution in [0.1, 0.15) is 0 Å². The van der Waals surface area contributed by atoms with Crippen LogP contribution in [-0.2, 0) is 0 Å². The minimum absolute atomic E-state index is 0.109. The van der Waals surface area contributed by atoms with E-state index in [9.17, 15) is 4.79 Å². The van der Waals surface area contributed by atoms with E-state index in [0.29, 0.717) is 21.7 Å². The third-order valence-electron chi connectivity index (χ3n) is 2.12. The van der Waals surface area contributed by atoms with Gasteiger partial charge in [-0.05, 0) is 12.1 Å². The number of nitrogens with one attached hydrogen (secondary N) is 1. The van der Waals surface area contributed by atoms with E-state index in [1.807, 2.05) is 0 Å². The van der Waals surface area contributed by atoms with Crippen molar-refractivity contribution in [2.75, 3.05) is 7.11 Å².